The number of rotatable bonds is 7. The van der Waals surface area contributed by atoms with Gasteiger partial charge in [0.15, 0.2) is 11.7 Å². The van der Waals surface area contributed by atoms with E-state index in [9.17, 15) is 22.8 Å². The van der Waals surface area contributed by atoms with Gasteiger partial charge in [-0.1, -0.05) is 35.1 Å². The maximum absolute atomic E-state index is 12.5. The van der Waals surface area contributed by atoms with E-state index in [1.165, 1.54) is 25.1 Å². The summed E-state index contributed by atoms with van der Waals surface area (Å²) in [5, 5.41) is 6.20. The lowest BCUT2D eigenvalue weighted by atomic mass is 10.0. The van der Waals surface area contributed by atoms with Crippen molar-refractivity contribution in [1.82, 2.24) is 10.3 Å². The molecule has 0 aliphatic carbocycles. The number of carbonyl (C=O) groups excluding carboxylic acids is 2. The summed E-state index contributed by atoms with van der Waals surface area (Å²) in [6.45, 7) is -0.0387. The largest absolute Gasteiger partial charge is 0.484 e. The van der Waals surface area contributed by atoms with Crippen molar-refractivity contribution in [2.24, 2.45) is 0 Å². The van der Waals surface area contributed by atoms with Crippen LogP contribution in [0.5, 0.6) is 5.75 Å². The normalized spacial score (nSPS) is 12.4. The van der Waals surface area contributed by atoms with Gasteiger partial charge < -0.3 is 15.4 Å². The second kappa shape index (κ2) is 9.52. The Labute approximate surface area is 184 Å². The molecule has 3 rings (SSSR count). The van der Waals surface area contributed by atoms with Gasteiger partial charge in [-0.2, -0.15) is 13.2 Å². The Morgan fingerprint density at radius 1 is 1.19 bits per heavy atom. The Morgan fingerprint density at radius 3 is 2.55 bits per heavy atom. The van der Waals surface area contributed by atoms with Gasteiger partial charge in [-0.05, 0) is 35.9 Å². The topological polar surface area (TPSA) is 80.3 Å². The van der Waals surface area contributed by atoms with E-state index in [2.05, 4.69) is 15.6 Å². The first-order valence-electron chi connectivity index (χ1n) is 9.01. The van der Waals surface area contributed by atoms with Crippen LogP contribution >= 0.6 is 22.9 Å². The Kier molecular flexibility index (Phi) is 7.01. The number of fused-ring (bicyclic) bond motifs is 1. The number of benzene rings is 2. The van der Waals surface area contributed by atoms with Crippen LogP contribution in [0.2, 0.25) is 5.02 Å². The van der Waals surface area contributed by atoms with E-state index < -0.39 is 18.8 Å². The van der Waals surface area contributed by atoms with Gasteiger partial charge in [-0.25, -0.2) is 4.98 Å². The second-order valence-electron chi connectivity index (χ2n) is 6.61. The highest BCUT2D eigenvalue weighted by atomic mass is 35.5. The standard InChI is InChI=1S/C20H17ClF3N3O3S/c1-11(28)25-16(12-2-4-13(21)5-3-12)9-18(29)27-19-26-15-7-6-14(8-17(15)31-19)30-10-20(22,23)24/h2-8,16H,9-10H2,1H3,(H,25,28)(H,26,27,29). The molecule has 0 fully saturated rings. The minimum atomic E-state index is -4.43. The van der Waals surface area contributed by atoms with Crippen molar-refractivity contribution in [3.8, 4) is 5.75 Å². The van der Waals surface area contributed by atoms with Crippen molar-refractivity contribution in [1.29, 1.82) is 0 Å². The molecule has 1 unspecified atom stereocenters. The van der Waals surface area contributed by atoms with Crippen LogP contribution in [-0.2, 0) is 9.59 Å². The minimum absolute atomic E-state index is 0.0446. The quantitative estimate of drug-likeness (QED) is 0.502. The first-order valence-corrected chi connectivity index (χ1v) is 10.2. The first kappa shape index (κ1) is 22.8. The summed E-state index contributed by atoms with van der Waals surface area (Å²) < 4.78 is 42.2. The highest BCUT2D eigenvalue weighted by Crippen LogP contribution is 2.30. The lowest BCUT2D eigenvalue weighted by molar-refractivity contribution is -0.153. The molecule has 1 aromatic heterocycles. The lowest BCUT2D eigenvalue weighted by Gasteiger charge is -2.17. The molecule has 3 aromatic rings. The average molecular weight is 472 g/mol. The van der Waals surface area contributed by atoms with Gasteiger partial charge in [0, 0.05) is 11.9 Å². The molecule has 2 amide bonds. The molecule has 0 aliphatic heterocycles. The van der Waals surface area contributed by atoms with Gasteiger partial charge in [0.2, 0.25) is 11.8 Å². The Bertz CT molecular complexity index is 1090. The van der Waals surface area contributed by atoms with Gasteiger partial charge in [0.25, 0.3) is 0 Å². The van der Waals surface area contributed by atoms with Crippen molar-refractivity contribution >= 4 is 50.1 Å². The molecular formula is C20H17ClF3N3O3S. The second-order valence-corrected chi connectivity index (χ2v) is 8.08. The number of nitrogens with one attached hydrogen (secondary N) is 2. The minimum Gasteiger partial charge on any atom is -0.484 e. The molecule has 0 radical (unpaired) electrons. The molecule has 0 bridgehead atoms. The third-order valence-electron chi connectivity index (χ3n) is 4.05. The predicted octanol–water partition coefficient (Wildman–Crippen LogP) is 5.10. The molecule has 0 saturated carbocycles. The number of halogens is 4. The van der Waals surface area contributed by atoms with Crippen LogP contribution in [0.15, 0.2) is 42.5 Å². The maximum Gasteiger partial charge on any atom is 0.422 e. The van der Waals surface area contributed by atoms with Crippen LogP contribution in [0.25, 0.3) is 10.2 Å². The zero-order chi connectivity index (χ0) is 22.6. The molecule has 164 valence electrons. The van der Waals surface area contributed by atoms with Gasteiger partial charge in [-0.3, -0.25) is 9.59 Å². The number of nitrogens with zero attached hydrogens (tertiary/aromatic N) is 1. The zero-order valence-corrected chi connectivity index (χ0v) is 17.7. The van der Waals surface area contributed by atoms with Crippen molar-refractivity contribution in [3.63, 3.8) is 0 Å². The smallest absolute Gasteiger partial charge is 0.422 e. The van der Waals surface area contributed by atoms with Crippen molar-refractivity contribution in [2.75, 3.05) is 11.9 Å². The van der Waals surface area contributed by atoms with E-state index in [1.54, 1.807) is 24.3 Å². The number of anilines is 1. The van der Waals surface area contributed by atoms with Gasteiger partial charge in [0.05, 0.1) is 22.7 Å². The molecule has 0 spiro atoms. The zero-order valence-electron chi connectivity index (χ0n) is 16.1. The Hall–Kier alpha value is -2.85. The molecule has 1 heterocycles. The SMILES string of the molecule is CC(=O)NC(CC(=O)Nc1nc2ccc(OCC(F)(F)F)cc2s1)c1ccc(Cl)cc1. The van der Waals surface area contributed by atoms with Crippen molar-refractivity contribution in [3.05, 3.63) is 53.1 Å². The van der Waals surface area contributed by atoms with E-state index in [0.717, 1.165) is 11.3 Å². The molecule has 6 nitrogen and oxygen atoms in total. The van der Waals surface area contributed by atoms with Gasteiger partial charge in [0.1, 0.15) is 5.75 Å². The van der Waals surface area contributed by atoms with E-state index >= 15 is 0 Å². The summed E-state index contributed by atoms with van der Waals surface area (Å²) in [5.41, 5.74) is 1.22. The van der Waals surface area contributed by atoms with E-state index in [0.29, 0.717) is 20.8 Å². The number of ether oxygens (including phenoxy) is 1. The summed E-state index contributed by atoms with van der Waals surface area (Å²) in [5.74, 6) is -0.625. The molecular weight excluding hydrogens is 455 g/mol. The molecule has 0 aliphatic rings. The molecule has 2 aromatic carbocycles. The van der Waals surface area contributed by atoms with E-state index in [-0.39, 0.29) is 29.1 Å². The first-order chi connectivity index (χ1) is 14.6. The van der Waals surface area contributed by atoms with E-state index in [4.69, 9.17) is 16.3 Å². The molecule has 0 saturated heterocycles. The fourth-order valence-corrected chi connectivity index (χ4v) is 3.80. The van der Waals surface area contributed by atoms with Crippen LogP contribution < -0.4 is 15.4 Å². The number of hydrogen-bond acceptors (Lipinski definition) is 5. The number of carbonyl (C=O) groups is 2. The van der Waals surface area contributed by atoms with Crippen LogP contribution in [0.3, 0.4) is 0 Å². The van der Waals surface area contributed by atoms with Crippen molar-refractivity contribution < 1.29 is 27.5 Å². The number of thiazole rings is 1. The summed E-state index contributed by atoms with van der Waals surface area (Å²) in [4.78, 5) is 28.3. The number of alkyl halides is 3. The van der Waals surface area contributed by atoms with Gasteiger partial charge >= 0.3 is 6.18 Å². The van der Waals surface area contributed by atoms with Crippen molar-refractivity contribution in [2.45, 2.75) is 25.6 Å². The third kappa shape index (κ3) is 6.83. The molecule has 1 atom stereocenters. The van der Waals surface area contributed by atoms with Crippen LogP contribution in [0, 0.1) is 0 Å². The number of hydrogen-bond donors (Lipinski definition) is 2. The Morgan fingerprint density at radius 2 is 1.90 bits per heavy atom. The number of amides is 2. The molecule has 31 heavy (non-hydrogen) atoms. The summed E-state index contributed by atoms with van der Waals surface area (Å²) in [6.07, 6.45) is -4.48. The third-order valence-corrected chi connectivity index (χ3v) is 5.23. The fourth-order valence-electron chi connectivity index (χ4n) is 2.76. The predicted molar refractivity (Wildman–Crippen MR) is 112 cm³/mol. The van der Waals surface area contributed by atoms with Crippen LogP contribution in [-0.4, -0.2) is 29.6 Å². The monoisotopic (exact) mass is 471 g/mol. The highest BCUT2D eigenvalue weighted by Gasteiger charge is 2.28. The summed E-state index contributed by atoms with van der Waals surface area (Å²) >= 11 is 6.99. The summed E-state index contributed by atoms with van der Waals surface area (Å²) in [6, 6.07) is 10.5. The van der Waals surface area contributed by atoms with Crippen LogP contribution in [0.4, 0.5) is 18.3 Å². The number of aromatic nitrogens is 1. The highest BCUT2D eigenvalue weighted by molar-refractivity contribution is 7.22. The Balaban J connectivity index is 1.69. The van der Waals surface area contributed by atoms with Gasteiger partial charge in [-0.15, -0.1) is 0 Å². The fraction of sp³-hybridized carbons (Fsp3) is 0.250. The molecule has 2 N–H and O–H groups in total. The van der Waals surface area contributed by atoms with Crippen LogP contribution in [0.1, 0.15) is 24.9 Å². The molecule has 11 heteroatoms. The lowest BCUT2D eigenvalue weighted by Crippen LogP contribution is -2.29. The maximum atomic E-state index is 12.5. The summed E-state index contributed by atoms with van der Waals surface area (Å²) in [7, 11) is 0. The van der Waals surface area contributed by atoms with E-state index in [1.807, 2.05) is 0 Å². The average Bonchev–Trinajstić information content (AvgIpc) is 3.06.